The van der Waals surface area contributed by atoms with Gasteiger partial charge >= 0.3 is 0 Å². The molecular weight excluding hydrogens is 476 g/mol. The van der Waals surface area contributed by atoms with Crippen LogP contribution in [0.4, 0.5) is 5.82 Å². The summed E-state index contributed by atoms with van der Waals surface area (Å²) in [5, 5.41) is 10.4. The number of hydrogen-bond donors (Lipinski definition) is 1. The SMILES string of the molecule is N#C/C(=C\C1CC1)C(=O)N1CCC[C@@H](n2cc(-c3ccc(Oc4ccccc4)cc3)c3c(N)ncnc32)C1. The van der Waals surface area contributed by atoms with E-state index in [2.05, 4.69) is 26.8 Å². The number of fused-ring (bicyclic) bond motifs is 1. The number of likely N-dealkylation sites (tertiary alicyclic amines) is 1. The maximum atomic E-state index is 13.1. The Morgan fingerprint density at radius 1 is 1.05 bits per heavy atom. The fraction of sp³-hybridized carbons (Fsp3) is 0.267. The molecule has 3 heterocycles. The number of carbonyl (C=O) groups excluding carboxylic acids is 1. The van der Waals surface area contributed by atoms with Crippen LogP contribution >= 0.6 is 0 Å². The number of nitrogens with two attached hydrogens (primary N) is 1. The highest BCUT2D eigenvalue weighted by Crippen LogP contribution is 2.37. The molecule has 1 amide bonds. The van der Waals surface area contributed by atoms with Crippen molar-refractivity contribution in [3.05, 3.63) is 78.8 Å². The first-order valence-corrected chi connectivity index (χ1v) is 13.0. The molecule has 6 rings (SSSR count). The van der Waals surface area contributed by atoms with Gasteiger partial charge in [-0.25, -0.2) is 9.97 Å². The van der Waals surface area contributed by atoms with Crippen molar-refractivity contribution in [2.24, 2.45) is 5.92 Å². The molecule has 2 N–H and O–H groups in total. The lowest BCUT2D eigenvalue weighted by molar-refractivity contribution is -0.128. The number of rotatable bonds is 6. The van der Waals surface area contributed by atoms with E-state index in [9.17, 15) is 10.1 Å². The quantitative estimate of drug-likeness (QED) is 0.274. The van der Waals surface area contributed by atoms with Gasteiger partial charge in [-0.05, 0) is 61.4 Å². The first-order valence-electron chi connectivity index (χ1n) is 13.0. The van der Waals surface area contributed by atoms with Crippen molar-refractivity contribution in [3.8, 4) is 28.7 Å². The molecule has 0 spiro atoms. The molecule has 1 aliphatic carbocycles. The molecule has 0 radical (unpaired) electrons. The average molecular weight is 505 g/mol. The molecule has 0 unspecified atom stereocenters. The summed E-state index contributed by atoms with van der Waals surface area (Å²) in [5.74, 6) is 2.12. The molecule has 1 aliphatic heterocycles. The molecular formula is C30H28N6O2. The van der Waals surface area contributed by atoms with Crippen LogP contribution in [0.1, 0.15) is 31.7 Å². The summed E-state index contributed by atoms with van der Waals surface area (Å²) in [7, 11) is 0. The summed E-state index contributed by atoms with van der Waals surface area (Å²) in [6.07, 6.45) is 9.24. The largest absolute Gasteiger partial charge is 0.457 e. The van der Waals surface area contributed by atoms with Crippen molar-refractivity contribution in [1.29, 1.82) is 5.26 Å². The van der Waals surface area contributed by atoms with E-state index < -0.39 is 0 Å². The summed E-state index contributed by atoms with van der Waals surface area (Å²) in [5.41, 5.74) is 9.26. The molecule has 1 saturated heterocycles. The van der Waals surface area contributed by atoms with Gasteiger partial charge in [0.05, 0.1) is 11.4 Å². The molecule has 4 aromatic rings. The number of nitrogen functional groups attached to an aromatic ring is 1. The number of amides is 1. The van der Waals surface area contributed by atoms with Gasteiger partial charge in [-0.3, -0.25) is 4.79 Å². The number of ether oxygens (including phenoxy) is 1. The first kappa shape index (κ1) is 23.7. The summed E-state index contributed by atoms with van der Waals surface area (Å²) in [6, 6.07) is 19.7. The van der Waals surface area contributed by atoms with Gasteiger partial charge in [0.2, 0.25) is 0 Å². The summed E-state index contributed by atoms with van der Waals surface area (Å²) >= 11 is 0. The predicted octanol–water partition coefficient (Wildman–Crippen LogP) is 5.50. The second-order valence-corrected chi connectivity index (χ2v) is 9.92. The minimum atomic E-state index is -0.177. The number of nitriles is 1. The minimum Gasteiger partial charge on any atom is -0.457 e. The lowest BCUT2D eigenvalue weighted by Gasteiger charge is -2.33. The van der Waals surface area contributed by atoms with E-state index in [0.29, 0.717) is 24.8 Å². The number of aromatic nitrogens is 3. The number of nitrogens with zero attached hydrogens (tertiary/aromatic N) is 5. The summed E-state index contributed by atoms with van der Waals surface area (Å²) < 4.78 is 8.07. The minimum absolute atomic E-state index is 0.0137. The van der Waals surface area contributed by atoms with Crippen molar-refractivity contribution in [1.82, 2.24) is 19.4 Å². The maximum Gasteiger partial charge on any atom is 0.264 e. The molecule has 8 heteroatoms. The zero-order valence-corrected chi connectivity index (χ0v) is 21.0. The second kappa shape index (κ2) is 10.0. The molecule has 8 nitrogen and oxygen atoms in total. The van der Waals surface area contributed by atoms with Crippen molar-refractivity contribution >= 4 is 22.8 Å². The smallest absolute Gasteiger partial charge is 0.264 e. The van der Waals surface area contributed by atoms with E-state index >= 15 is 0 Å². The Morgan fingerprint density at radius 2 is 1.82 bits per heavy atom. The Kier molecular flexibility index (Phi) is 6.26. The molecule has 190 valence electrons. The Balaban J connectivity index is 1.30. The van der Waals surface area contributed by atoms with Crippen molar-refractivity contribution in [2.75, 3.05) is 18.8 Å². The highest BCUT2D eigenvalue weighted by Gasteiger charge is 2.30. The third kappa shape index (κ3) is 4.71. The lowest BCUT2D eigenvalue weighted by Crippen LogP contribution is -2.41. The Labute approximate surface area is 221 Å². The van der Waals surface area contributed by atoms with Crippen LogP contribution in [0.2, 0.25) is 0 Å². The fourth-order valence-electron chi connectivity index (χ4n) is 5.12. The Hall–Kier alpha value is -4.64. The molecule has 2 aromatic heterocycles. The third-order valence-corrected chi connectivity index (χ3v) is 7.24. The van der Waals surface area contributed by atoms with Crippen LogP contribution in [-0.4, -0.2) is 38.4 Å². The van der Waals surface area contributed by atoms with Gasteiger partial charge in [0.25, 0.3) is 5.91 Å². The van der Waals surface area contributed by atoms with Crippen molar-refractivity contribution in [3.63, 3.8) is 0 Å². The number of hydrogen-bond acceptors (Lipinski definition) is 6. The topological polar surface area (TPSA) is 110 Å². The molecule has 38 heavy (non-hydrogen) atoms. The fourth-order valence-corrected chi connectivity index (χ4v) is 5.12. The van der Waals surface area contributed by atoms with Gasteiger partial charge in [-0.15, -0.1) is 0 Å². The standard InChI is InChI=1S/C30H28N6O2/c31-16-22(15-20-8-9-20)30(37)35-14-4-5-23(17-35)36-18-26(27-28(32)33-19-34-29(27)36)21-10-12-25(13-11-21)38-24-6-2-1-3-7-24/h1-3,6-7,10-13,15,18-20,23H,4-5,8-9,14,17H2,(H2,32,33,34)/b22-15+/t23-/m1/s1. The lowest BCUT2D eigenvalue weighted by atomic mass is 10.0. The third-order valence-electron chi connectivity index (χ3n) is 7.24. The van der Waals surface area contributed by atoms with E-state index in [1.54, 1.807) is 4.90 Å². The Morgan fingerprint density at radius 3 is 2.55 bits per heavy atom. The molecule has 2 aromatic carbocycles. The van der Waals surface area contributed by atoms with Gasteiger partial charge in [0.1, 0.15) is 40.9 Å². The zero-order chi connectivity index (χ0) is 26.1. The number of carbonyl (C=O) groups is 1. The molecule has 2 fully saturated rings. The van der Waals surface area contributed by atoms with Gasteiger partial charge in [-0.1, -0.05) is 36.4 Å². The predicted molar refractivity (Wildman–Crippen MR) is 145 cm³/mol. The van der Waals surface area contributed by atoms with E-state index in [-0.39, 0.29) is 17.5 Å². The van der Waals surface area contributed by atoms with Gasteiger partial charge in [-0.2, -0.15) is 5.26 Å². The van der Waals surface area contributed by atoms with Gasteiger partial charge in [0.15, 0.2) is 0 Å². The van der Waals surface area contributed by atoms with E-state index in [0.717, 1.165) is 59.3 Å². The molecule has 1 atom stereocenters. The van der Waals surface area contributed by atoms with Crippen molar-refractivity contribution < 1.29 is 9.53 Å². The number of allylic oxidation sites excluding steroid dienone is 1. The molecule has 1 saturated carbocycles. The highest BCUT2D eigenvalue weighted by molar-refractivity contribution is 6.01. The van der Waals surface area contributed by atoms with E-state index in [1.165, 1.54) is 6.33 Å². The number of benzene rings is 2. The normalized spacial score (nSPS) is 17.8. The van der Waals surface area contributed by atoms with E-state index in [4.69, 9.17) is 10.5 Å². The highest BCUT2D eigenvalue weighted by atomic mass is 16.5. The van der Waals surface area contributed by atoms with Crippen LogP contribution in [0.25, 0.3) is 22.2 Å². The molecule has 0 bridgehead atoms. The first-order chi connectivity index (χ1) is 18.6. The zero-order valence-electron chi connectivity index (χ0n) is 21.0. The van der Waals surface area contributed by atoms with Gasteiger partial charge in [0, 0.05) is 24.8 Å². The summed E-state index contributed by atoms with van der Waals surface area (Å²) in [4.78, 5) is 23.8. The Bertz CT molecular complexity index is 1550. The second-order valence-electron chi connectivity index (χ2n) is 9.92. The maximum absolute atomic E-state index is 13.1. The van der Waals surface area contributed by atoms with Crippen LogP contribution in [0.15, 0.2) is 78.8 Å². The van der Waals surface area contributed by atoms with Crippen LogP contribution in [0, 0.1) is 17.2 Å². The van der Waals surface area contributed by atoms with Gasteiger partial charge < -0.3 is 19.9 Å². The molecule has 2 aliphatic rings. The average Bonchev–Trinajstić information content (AvgIpc) is 3.69. The number of piperidine rings is 1. The van der Waals surface area contributed by atoms with Crippen LogP contribution in [0.3, 0.4) is 0 Å². The van der Waals surface area contributed by atoms with Crippen LogP contribution in [-0.2, 0) is 4.79 Å². The number of anilines is 1. The van der Waals surface area contributed by atoms with E-state index in [1.807, 2.05) is 60.7 Å². The summed E-state index contributed by atoms with van der Waals surface area (Å²) in [6.45, 7) is 1.16. The van der Waals surface area contributed by atoms with Crippen LogP contribution in [0.5, 0.6) is 11.5 Å². The van der Waals surface area contributed by atoms with Crippen molar-refractivity contribution in [2.45, 2.75) is 31.7 Å². The monoisotopic (exact) mass is 504 g/mol. The number of para-hydroxylation sites is 1. The van der Waals surface area contributed by atoms with Crippen LogP contribution < -0.4 is 10.5 Å².